The minimum Gasteiger partial charge on any atom is -0.352 e. The van der Waals surface area contributed by atoms with Crippen molar-refractivity contribution in [3.05, 3.63) is 100 Å². The van der Waals surface area contributed by atoms with E-state index in [1.165, 1.54) is 41.3 Å². The molecule has 11 heteroatoms. The van der Waals surface area contributed by atoms with Crippen molar-refractivity contribution in [1.82, 2.24) is 10.2 Å². The SMILES string of the molecule is CCC(C)NC(=O)C(CC)N(Cc1cccc(C)c1)C(=O)CN(c1ccc([N+](=O)[O-])cc1)S(=O)(=O)c1ccccc1. The first kappa shape index (κ1) is 31.3. The van der Waals surface area contributed by atoms with Crippen LogP contribution in [0.2, 0.25) is 0 Å². The van der Waals surface area contributed by atoms with Crippen molar-refractivity contribution in [2.75, 3.05) is 10.8 Å². The molecule has 0 fully saturated rings. The Morgan fingerprint density at radius 2 is 1.61 bits per heavy atom. The van der Waals surface area contributed by atoms with Crippen LogP contribution in [0.5, 0.6) is 0 Å². The highest BCUT2D eigenvalue weighted by Crippen LogP contribution is 2.27. The van der Waals surface area contributed by atoms with Gasteiger partial charge in [-0.2, -0.15) is 0 Å². The Morgan fingerprint density at radius 3 is 2.17 bits per heavy atom. The lowest BCUT2D eigenvalue weighted by Gasteiger charge is -2.33. The van der Waals surface area contributed by atoms with Gasteiger partial charge in [-0.3, -0.25) is 24.0 Å². The minimum absolute atomic E-state index is 0.0436. The third kappa shape index (κ3) is 7.91. The first-order valence-electron chi connectivity index (χ1n) is 13.5. The highest BCUT2D eigenvalue weighted by molar-refractivity contribution is 7.92. The topological polar surface area (TPSA) is 130 Å². The van der Waals surface area contributed by atoms with Gasteiger partial charge in [-0.1, -0.05) is 61.9 Å². The Bertz CT molecular complexity index is 1460. The molecule has 3 aromatic rings. The Morgan fingerprint density at radius 1 is 0.951 bits per heavy atom. The largest absolute Gasteiger partial charge is 0.352 e. The quantitative estimate of drug-likeness (QED) is 0.228. The molecule has 0 aromatic heterocycles. The number of hydrogen-bond acceptors (Lipinski definition) is 6. The van der Waals surface area contributed by atoms with Crippen LogP contribution in [0.4, 0.5) is 11.4 Å². The molecule has 0 bridgehead atoms. The zero-order valence-corrected chi connectivity index (χ0v) is 24.5. The molecule has 41 heavy (non-hydrogen) atoms. The number of nitro benzene ring substituents is 1. The molecular weight excluding hydrogens is 544 g/mol. The van der Waals surface area contributed by atoms with Crippen LogP contribution in [-0.4, -0.2) is 48.7 Å². The zero-order chi connectivity index (χ0) is 30.2. The fraction of sp³-hybridized carbons (Fsp3) is 0.333. The third-order valence-corrected chi connectivity index (χ3v) is 8.57. The van der Waals surface area contributed by atoms with Gasteiger partial charge in [0.25, 0.3) is 15.7 Å². The smallest absolute Gasteiger partial charge is 0.269 e. The van der Waals surface area contributed by atoms with E-state index < -0.39 is 33.4 Å². The second-order valence-electron chi connectivity index (χ2n) is 9.85. The summed E-state index contributed by atoms with van der Waals surface area (Å²) in [6.45, 7) is 7.01. The number of hydrogen-bond donors (Lipinski definition) is 1. The Hall–Kier alpha value is -4.25. The van der Waals surface area contributed by atoms with Gasteiger partial charge in [0, 0.05) is 24.7 Å². The van der Waals surface area contributed by atoms with Crippen LogP contribution in [0.25, 0.3) is 0 Å². The van der Waals surface area contributed by atoms with Gasteiger partial charge in [0.05, 0.1) is 15.5 Å². The van der Waals surface area contributed by atoms with Crippen molar-refractivity contribution in [3.63, 3.8) is 0 Å². The first-order chi connectivity index (χ1) is 19.5. The molecule has 218 valence electrons. The summed E-state index contributed by atoms with van der Waals surface area (Å²) in [5.74, 6) is -0.911. The van der Waals surface area contributed by atoms with E-state index in [9.17, 15) is 28.1 Å². The van der Waals surface area contributed by atoms with E-state index in [4.69, 9.17) is 0 Å². The van der Waals surface area contributed by atoms with Gasteiger partial charge < -0.3 is 10.2 Å². The lowest BCUT2D eigenvalue weighted by Crippen LogP contribution is -2.53. The number of amides is 2. The van der Waals surface area contributed by atoms with Crippen LogP contribution >= 0.6 is 0 Å². The van der Waals surface area contributed by atoms with Crippen LogP contribution in [0.3, 0.4) is 0 Å². The lowest BCUT2D eigenvalue weighted by atomic mass is 10.1. The predicted octanol–water partition coefficient (Wildman–Crippen LogP) is 4.82. The fourth-order valence-electron chi connectivity index (χ4n) is 4.36. The lowest BCUT2D eigenvalue weighted by molar-refractivity contribution is -0.384. The number of rotatable bonds is 13. The predicted molar refractivity (Wildman–Crippen MR) is 158 cm³/mol. The van der Waals surface area contributed by atoms with Gasteiger partial charge in [0.2, 0.25) is 11.8 Å². The highest BCUT2D eigenvalue weighted by Gasteiger charge is 2.34. The molecule has 2 amide bonds. The first-order valence-corrected chi connectivity index (χ1v) is 14.9. The number of aryl methyl sites for hydroxylation is 1. The number of benzene rings is 3. The van der Waals surface area contributed by atoms with Gasteiger partial charge in [0.15, 0.2) is 0 Å². The second-order valence-corrected chi connectivity index (χ2v) is 11.7. The third-order valence-electron chi connectivity index (χ3n) is 6.78. The summed E-state index contributed by atoms with van der Waals surface area (Å²) >= 11 is 0. The van der Waals surface area contributed by atoms with Crippen LogP contribution in [-0.2, 0) is 26.2 Å². The molecule has 1 N–H and O–H groups in total. The average molecular weight is 581 g/mol. The Labute approximate surface area is 241 Å². The van der Waals surface area contributed by atoms with E-state index in [1.54, 1.807) is 25.1 Å². The number of anilines is 1. The minimum atomic E-state index is -4.26. The van der Waals surface area contributed by atoms with Gasteiger partial charge in [0.1, 0.15) is 12.6 Å². The number of sulfonamides is 1. The van der Waals surface area contributed by atoms with Gasteiger partial charge in [-0.05, 0) is 56.5 Å². The Kier molecular flexibility index (Phi) is 10.6. The summed E-state index contributed by atoms with van der Waals surface area (Å²) in [5, 5.41) is 14.2. The fourth-order valence-corrected chi connectivity index (χ4v) is 5.79. The van der Waals surface area contributed by atoms with E-state index in [-0.39, 0.29) is 34.8 Å². The van der Waals surface area contributed by atoms with Crippen molar-refractivity contribution in [2.24, 2.45) is 0 Å². The molecule has 10 nitrogen and oxygen atoms in total. The van der Waals surface area contributed by atoms with Gasteiger partial charge in [-0.15, -0.1) is 0 Å². The molecule has 0 radical (unpaired) electrons. The summed E-state index contributed by atoms with van der Waals surface area (Å²) in [5.41, 5.74) is 1.64. The summed E-state index contributed by atoms with van der Waals surface area (Å²) in [7, 11) is -4.26. The van der Waals surface area contributed by atoms with Crippen molar-refractivity contribution in [3.8, 4) is 0 Å². The monoisotopic (exact) mass is 580 g/mol. The number of nitro groups is 1. The molecule has 0 aliphatic carbocycles. The molecule has 0 saturated carbocycles. The van der Waals surface area contributed by atoms with Crippen LogP contribution in [0.1, 0.15) is 44.7 Å². The van der Waals surface area contributed by atoms with Crippen molar-refractivity contribution in [2.45, 2.75) is 64.1 Å². The van der Waals surface area contributed by atoms with Gasteiger partial charge >= 0.3 is 0 Å². The van der Waals surface area contributed by atoms with Crippen LogP contribution in [0, 0.1) is 17.0 Å². The van der Waals surface area contributed by atoms with E-state index in [0.717, 1.165) is 15.4 Å². The van der Waals surface area contributed by atoms with Gasteiger partial charge in [-0.25, -0.2) is 8.42 Å². The maximum absolute atomic E-state index is 14.1. The molecule has 0 aliphatic heterocycles. The summed E-state index contributed by atoms with van der Waals surface area (Å²) in [4.78, 5) is 39.4. The van der Waals surface area contributed by atoms with Crippen LogP contribution < -0.4 is 9.62 Å². The molecule has 0 spiro atoms. The van der Waals surface area contributed by atoms with E-state index in [2.05, 4.69) is 5.32 Å². The maximum Gasteiger partial charge on any atom is 0.269 e. The van der Waals surface area contributed by atoms with E-state index >= 15 is 0 Å². The molecule has 2 atom stereocenters. The normalized spacial score (nSPS) is 12.7. The summed E-state index contributed by atoms with van der Waals surface area (Å²) in [6, 6.07) is 19.2. The molecule has 2 unspecified atom stereocenters. The molecule has 0 aliphatic rings. The number of nitrogens with one attached hydrogen (secondary N) is 1. The number of nitrogens with zero attached hydrogens (tertiary/aromatic N) is 3. The highest BCUT2D eigenvalue weighted by atomic mass is 32.2. The second kappa shape index (κ2) is 13.9. The zero-order valence-electron chi connectivity index (χ0n) is 23.7. The maximum atomic E-state index is 14.1. The molecule has 3 rings (SSSR count). The van der Waals surface area contributed by atoms with E-state index in [1.807, 2.05) is 45.0 Å². The van der Waals surface area contributed by atoms with Crippen molar-refractivity contribution < 1.29 is 22.9 Å². The standard InChI is InChI=1S/C30H36N4O6S/c1-5-23(4)31-30(36)28(6-2)32(20-24-12-10-11-22(3)19-24)29(35)21-33(25-15-17-26(18-16-25)34(37)38)41(39,40)27-13-8-7-9-14-27/h7-19,23,28H,5-6,20-21H2,1-4H3,(H,31,36). The van der Waals surface area contributed by atoms with Crippen molar-refractivity contribution in [1.29, 1.82) is 0 Å². The number of carbonyl (C=O) groups excluding carboxylic acids is 2. The number of carbonyl (C=O) groups is 2. The molecule has 0 saturated heterocycles. The molecule has 3 aromatic carbocycles. The number of non-ortho nitro benzene ring substituents is 1. The van der Waals surface area contributed by atoms with E-state index in [0.29, 0.717) is 12.8 Å². The molecular formula is C30H36N4O6S. The molecule has 0 heterocycles. The Balaban J connectivity index is 2.07. The summed E-state index contributed by atoms with van der Waals surface area (Å²) < 4.78 is 28.6. The van der Waals surface area contributed by atoms with Crippen LogP contribution in [0.15, 0.2) is 83.8 Å². The van der Waals surface area contributed by atoms with Crippen molar-refractivity contribution >= 4 is 33.2 Å². The summed E-state index contributed by atoms with van der Waals surface area (Å²) in [6.07, 6.45) is 1.01. The average Bonchev–Trinajstić information content (AvgIpc) is 2.96.